The second kappa shape index (κ2) is 11.0. The summed E-state index contributed by atoms with van der Waals surface area (Å²) in [5.74, 6) is 5.72. The van der Waals surface area contributed by atoms with Crippen molar-refractivity contribution in [3.8, 4) is 5.75 Å². The number of imide groups is 1. The van der Waals surface area contributed by atoms with Gasteiger partial charge >= 0.3 is 18.0 Å². The zero-order chi connectivity index (χ0) is 25.8. The third-order valence-electron chi connectivity index (χ3n) is 6.32. The molecule has 4 rings (SSSR count). The highest BCUT2D eigenvalue weighted by Crippen LogP contribution is 2.27. The molecule has 2 fully saturated rings. The van der Waals surface area contributed by atoms with Gasteiger partial charge in [-0.05, 0) is 61.2 Å². The smallest absolute Gasteiger partial charge is 0.345 e. The van der Waals surface area contributed by atoms with E-state index in [1.54, 1.807) is 31.2 Å². The maximum Gasteiger partial charge on any atom is 0.345 e. The van der Waals surface area contributed by atoms with Crippen LogP contribution in [0.1, 0.15) is 31.7 Å². The zero-order valence-corrected chi connectivity index (χ0v) is 21.0. The minimum atomic E-state index is -0.983. The quantitative estimate of drug-likeness (QED) is 0.294. The SMILES string of the molecule is COC(=O)[C@@H](C)CN1C(=O)N(N)C(Nc2ccc(OC3CCC3)cc2)N(Cc2ccc(Cl)cc2)C1=O. The van der Waals surface area contributed by atoms with Gasteiger partial charge in [-0.25, -0.2) is 25.3 Å². The highest BCUT2D eigenvalue weighted by Gasteiger charge is 2.44. The van der Waals surface area contributed by atoms with E-state index in [1.165, 1.54) is 18.4 Å². The van der Waals surface area contributed by atoms with Crippen molar-refractivity contribution in [2.45, 2.75) is 45.1 Å². The van der Waals surface area contributed by atoms with Crippen LogP contribution in [0.5, 0.6) is 5.75 Å². The lowest BCUT2D eigenvalue weighted by Crippen LogP contribution is -2.70. The highest BCUT2D eigenvalue weighted by atomic mass is 35.5. The maximum absolute atomic E-state index is 13.5. The number of carbonyl (C=O) groups is 3. The lowest BCUT2D eigenvalue weighted by Gasteiger charge is -2.45. The predicted octanol–water partition coefficient (Wildman–Crippen LogP) is 4.01. The van der Waals surface area contributed by atoms with Crippen LogP contribution in [0.4, 0.5) is 15.3 Å². The minimum absolute atomic E-state index is 0.140. The summed E-state index contributed by atoms with van der Waals surface area (Å²) in [6, 6.07) is 13.0. The van der Waals surface area contributed by atoms with Gasteiger partial charge in [0.1, 0.15) is 5.75 Å². The van der Waals surface area contributed by atoms with Gasteiger partial charge in [0.25, 0.3) is 0 Å². The van der Waals surface area contributed by atoms with Crippen LogP contribution in [-0.4, -0.2) is 58.9 Å². The summed E-state index contributed by atoms with van der Waals surface area (Å²) in [6.07, 6.45) is 2.56. The molecule has 10 nitrogen and oxygen atoms in total. The largest absolute Gasteiger partial charge is 0.490 e. The fraction of sp³-hybridized carbons (Fsp3) is 0.400. The fourth-order valence-electron chi connectivity index (χ4n) is 3.99. The number of hydrogen-bond acceptors (Lipinski definition) is 7. The third kappa shape index (κ3) is 5.66. The second-order valence-electron chi connectivity index (χ2n) is 8.97. The molecule has 2 aliphatic rings. The summed E-state index contributed by atoms with van der Waals surface area (Å²) in [7, 11) is 1.25. The monoisotopic (exact) mass is 515 g/mol. The van der Waals surface area contributed by atoms with E-state index in [-0.39, 0.29) is 19.2 Å². The van der Waals surface area contributed by atoms with Crippen molar-refractivity contribution in [1.82, 2.24) is 14.8 Å². The van der Waals surface area contributed by atoms with Gasteiger partial charge in [0.05, 0.1) is 25.7 Å². The standard InChI is InChI=1S/C25H30ClN5O5/c1-16(22(32)35-2)14-30-24(33)29(15-17-6-8-18(26)9-7-17)23(31(27)25(30)34)28-19-10-12-21(13-11-19)36-20-4-3-5-20/h6-13,16,20,23,28H,3-5,14-15,27H2,1-2H3/t16-,23?/m0/s1. The number of halogens is 1. The molecule has 1 heterocycles. The highest BCUT2D eigenvalue weighted by molar-refractivity contribution is 6.30. The molecule has 1 saturated heterocycles. The molecule has 3 N–H and O–H groups in total. The first-order valence-corrected chi connectivity index (χ1v) is 12.2. The number of nitrogens with two attached hydrogens (primary N) is 1. The van der Waals surface area contributed by atoms with Gasteiger partial charge in [-0.1, -0.05) is 30.7 Å². The lowest BCUT2D eigenvalue weighted by molar-refractivity contribution is -0.145. The van der Waals surface area contributed by atoms with Crippen LogP contribution >= 0.6 is 11.6 Å². The number of ether oxygens (including phenoxy) is 2. The number of hydrazine groups is 1. The number of benzene rings is 2. The molecule has 2 aromatic carbocycles. The summed E-state index contributed by atoms with van der Waals surface area (Å²) in [5, 5.41) is 4.68. The van der Waals surface area contributed by atoms with Crippen LogP contribution in [0.25, 0.3) is 0 Å². The molecule has 11 heteroatoms. The van der Waals surface area contributed by atoms with Crippen molar-refractivity contribution >= 4 is 35.3 Å². The Morgan fingerprint density at radius 3 is 2.36 bits per heavy atom. The van der Waals surface area contributed by atoms with Gasteiger partial charge in [0.15, 0.2) is 0 Å². The molecule has 36 heavy (non-hydrogen) atoms. The van der Waals surface area contributed by atoms with Crippen LogP contribution in [0.3, 0.4) is 0 Å². The molecule has 0 aromatic heterocycles. The molecule has 1 unspecified atom stereocenters. The molecule has 192 valence electrons. The van der Waals surface area contributed by atoms with Gasteiger partial charge in [-0.15, -0.1) is 0 Å². The molecule has 2 atom stereocenters. The van der Waals surface area contributed by atoms with Crippen molar-refractivity contribution < 1.29 is 23.9 Å². The van der Waals surface area contributed by atoms with E-state index in [0.29, 0.717) is 10.7 Å². The van der Waals surface area contributed by atoms with Crippen molar-refractivity contribution in [3.63, 3.8) is 0 Å². The Morgan fingerprint density at radius 2 is 1.78 bits per heavy atom. The number of urea groups is 2. The van der Waals surface area contributed by atoms with Gasteiger partial charge < -0.3 is 14.8 Å². The third-order valence-corrected chi connectivity index (χ3v) is 6.57. The van der Waals surface area contributed by atoms with Gasteiger partial charge in [0, 0.05) is 17.3 Å². The van der Waals surface area contributed by atoms with E-state index in [4.69, 9.17) is 26.9 Å². The van der Waals surface area contributed by atoms with Crippen LogP contribution < -0.4 is 15.9 Å². The molecule has 2 aromatic rings. The summed E-state index contributed by atoms with van der Waals surface area (Å²) < 4.78 is 10.7. The number of methoxy groups -OCH3 is 1. The van der Waals surface area contributed by atoms with Crippen LogP contribution in [0.15, 0.2) is 48.5 Å². The number of amides is 4. The van der Waals surface area contributed by atoms with E-state index < -0.39 is 30.2 Å². The fourth-order valence-corrected chi connectivity index (χ4v) is 4.12. The van der Waals surface area contributed by atoms with Crippen molar-refractivity contribution in [2.24, 2.45) is 11.8 Å². The second-order valence-corrected chi connectivity index (χ2v) is 9.41. The Balaban J connectivity index is 1.56. The van der Waals surface area contributed by atoms with E-state index in [9.17, 15) is 14.4 Å². The average Bonchev–Trinajstić information content (AvgIpc) is 2.86. The number of esters is 1. The summed E-state index contributed by atoms with van der Waals surface area (Å²) >= 11 is 6.01. The maximum atomic E-state index is 13.5. The van der Waals surface area contributed by atoms with Crippen molar-refractivity contribution in [1.29, 1.82) is 0 Å². The first-order valence-electron chi connectivity index (χ1n) is 11.8. The molecule has 0 radical (unpaired) electrons. The zero-order valence-electron chi connectivity index (χ0n) is 20.2. The number of nitrogens with zero attached hydrogens (tertiary/aromatic N) is 3. The summed E-state index contributed by atoms with van der Waals surface area (Å²) in [4.78, 5) is 40.9. The average molecular weight is 516 g/mol. The van der Waals surface area contributed by atoms with E-state index >= 15 is 0 Å². The molecule has 1 aliphatic heterocycles. The van der Waals surface area contributed by atoms with Crippen LogP contribution in [0.2, 0.25) is 5.02 Å². The molecular formula is C25H30ClN5O5. The number of hydrogen-bond donors (Lipinski definition) is 2. The van der Waals surface area contributed by atoms with Gasteiger partial charge in [0.2, 0.25) is 6.29 Å². The Kier molecular flexibility index (Phi) is 7.85. The Labute approximate surface area is 214 Å². The predicted molar refractivity (Wildman–Crippen MR) is 134 cm³/mol. The van der Waals surface area contributed by atoms with Crippen molar-refractivity contribution in [3.05, 3.63) is 59.1 Å². The lowest BCUT2D eigenvalue weighted by atomic mass is 9.96. The van der Waals surface area contributed by atoms with Gasteiger partial charge in [-0.3, -0.25) is 9.69 Å². The molecule has 1 saturated carbocycles. The Bertz CT molecular complexity index is 1090. The molecule has 4 amide bonds. The number of rotatable bonds is 9. The first kappa shape index (κ1) is 25.6. The van der Waals surface area contributed by atoms with E-state index in [2.05, 4.69) is 5.32 Å². The topological polar surface area (TPSA) is 117 Å². The normalized spacial score (nSPS) is 19.1. The molecule has 0 bridgehead atoms. The number of anilines is 1. The molecule has 0 spiro atoms. The number of carbonyl (C=O) groups excluding carboxylic acids is 3. The van der Waals surface area contributed by atoms with E-state index in [1.807, 2.05) is 24.3 Å². The Hall–Kier alpha value is -3.50. The first-order chi connectivity index (χ1) is 17.3. The van der Waals surface area contributed by atoms with Crippen LogP contribution in [0, 0.1) is 5.92 Å². The van der Waals surface area contributed by atoms with E-state index in [0.717, 1.165) is 34.1 Å². The van der Waals surface area contributed by atoms with Crippen LogP contribution in [-0.2, 0) is 16.1 Å². The summed E-state index contributed by atoms with van der Waals surface area (Å²) in [5.41, 5.74) is 1.43. The number of nitrogens with one attached hydrogen (secondary N) is 1. The van der Waals surface area contributed by atoms with Crippen molar-refractivity contribution in [2.75, 3.05) is 19.0 Å². The van der Waals surface area contributed by atoms with Gasteiger partial charge in [-0.2, -0.15) is 0 Å². The molecular weight excluding hydrogens is 486 g/mol. The Morgan fingerprint density at radius 1 is 1.11 bits per heavy atom. The summed E-state index contributed by atoms with van der Waals surface area (Å²) in [6.45, 7) is 1.55. The minimum Gasteiger partial charge on any atom is -0.490 e. The molecule has 1 aliphatic carbocycles.